The number of hydrogen-bond donors (Lipinski definition) is 2. The van der Waals surface area contributed by atoms with E-state index in [-0.39, 0.29) is 6.42 Å². The third-order valence-corrected chi connectivity index (χ3v) is 3.53. The summed E-state index contributed by atoms with van der Waals surface area (Å²) in [6, 6.07) is 6.86. The number of nitrogens with one attached hydrogen (secondary N) is 1. The van der Waals surface area contributed by atoms with Gasteiger partial charge in [0.15, 0.2) is 0 Å². The maximum absolute atomic E-state index is 10.9. The van der Waals surface area contributed by atoms with E-state index >= 15 is 0 Å². The average molecular weight is 505 g/mol. The predicted molar refractivity (Wildman–Crippen MR) is 65.8 cm³/mol. The van der Waals surface area contributed by atoms with Crippen molar-refractivity contribution >= 4 is 33.8 Å². The summed E-state index contributed by atoms with van der Waals surface area (Å²) in [6.07, 6.45) is 1.70. The number of carboxylic acids is 1. The van der Waals surface area contributed by atoms with E-state index in [1.165, 1.54) is 6.41 Å². The summed E-state index contributed by atoms with van der Waals surface area (Å²) < 4.78 is 1.11. The molecule has 1 amide bonds. The Labute approximate surface area is 102 Å². The number of benzene rings is 1. The molecule has 0 saturated carbocycles. The Bertz CT molecular complexity index is 555. The van der Waals surface area contributed by atoms with Crippen LogP contribution in [0.4, 0.5) is 0 Å². The molecule has 0 saturated heterocycles. The van der Waals surface area contributed by atoms with E-state index in [2.05, 4.69) is 5.32 Å². The summed E-state index contributed by atoms with van der Waals surface area (Å²) in [7, 11) is 0. The van der Waals surface area contributed by atoms with Gasteiger partial charge in [-0.3, -0.25) is 4.79 Å². The van der Waals surface area contributed by atoms with Gasteiger partial charge in [-0.25, -0.2) is 0 Å². The molecule has 0 radical (unpaired) electrons. The van der Waals surface area contributed by atoms with Crippen LogP contribution in [0.25, 0.3) is 10.1 Å². The molecule has 2 aromatic rings. The fraction of sp³-hybridized carbons (Fsp3) is 0.167. The number of rotatable bonds is 5. The SMILES string of the molecule is O=[C-]NC(Cc1csc2ccccc12)C(=O)O.[Fm]. The molecule has 18 heavy (non-hydrogen) atoms. The molecule has 1 unspecified atom stereocenters. The maximum Gasteiger partial charge on any atom is 0.323 e. The van der Waals surface area contributed by atoms with Crippen LogP contribution in [0.15, 0.2) is 29.6 Å². The van der Waals surface area contributed by atoms with Crippen molar-refractivity contribution in [2.75, 3.05) is 0 Å². The molecule has 0 spiro atoms. The van der Waals surface area contributed by atoms with E-state index in [4.69, 9.17) is 5.11 Å². The number of amides is 1. The second kappa shape index (κ2) is 5.45. The van der Waals surface area contributed by atoms with Crippen LogP contribution in [0.1, 0.15) is 5.56 Å². The zero-order chi connectivity index (χ0) is 12.3. The second-order valence-electron chi connectivity index (χ2n) is 3.60. The molecule has 0 bridgehead atoms. The van der Waals surface area contributed by atoms with Crippen molar-refractivity contribution in [2.24, 2.45) is 0 Å². The molecular weight excluding hydrogens is 495 g/mol. The topological polar surface area (TPSA) is 66.4 Å². The first-order valence-electron chi connectivity index (χ1n) is 5.03. The zero-order valence-electron chi connectivity index (χ0n) is 9.13. The first kappa shape index (κ1) is 13.2. The second-order valence-corrected chi connectivity index (χ2v) is 4.51. The number of carbonyl (C=O) groups excluding carboxylic acids is 1. The summed E-state index contributed by atoms with van der Waals surface area (Å²) in [5, 5.41) is 14.1. The molecule has 0 aliphatic heterocycles. The van der Waals surface area contributed by atoms with Crippen LogP contribution >= 0.6 is 11.3 Å². The number of carboxylic acid groups (broad SMARTS) is 1. The number of hydrogen-bond acceptors (Lipinski definition) is 3. The molecule has 1 atom stereocenters. The van der Waals surface area contributed by atoms with Crippen LogP contribution in [0, 0.1) is 0 Å². The molecular formula is C12H10FmNO3S-. The van der Waals surface area contributed by atoms with Crippen LogP contribution in [0.3, 0.4) is 0 Å². The Morgan fingerprint density at radius 2 is 2.17 bits per heavy atom. The molecule has 0 aliphatic rings. The van der Waals surface area contributed by atoms with Gasteiger partial charge < -0.3 is 15.2 Å². The van der Waals surface area contributed by atoms with Crippen molar-refractivity contribution < 1.29 is 14.7 Å². The zero-order valence-corrected chi connectivity index (χ0v) is 12.4. The van der Waals surface area contributed by atoms with Crippen LogP contribution in [0.2, 0.25) is 0 Å². The molecule has 100 valence electrons. The minimum atomic E-state index is -1.05. The van der Waals surface area contributed by atoms with Gasteiger partial charge in [0.25, 0.3) is 0 Å². The Kier molecular flexibility index (Phi) is 3.99. The summed E-state index contributed by atoms with van der Waals surface area (Å²) in [5.41, 5.74) is 0.931. The van der Waals surface area contributed by atoms with Gasteiger partial charge in [0.1, 0.15) is 6.04 Å². The van der Waals surface area contributed by atoms with Crippen LogP contribution < -0.4 is 5.32 Å². The van der Waals surface area contributed by atoms with Gasteiger partial charge in [0.05, 0.1) is 0 Å². The van der Waals surface area contributed by atoms with Gasteiger partial charge >= 0.3 is 5.97 Å². The van der Waals surface area contributed by atoms with E-state index in [9.17, 15) is 9.59 Å². The van der Waals surface area contributed by atoms with Gasteiger partial charge in [-0.1, -0.05) is 18.2 Å². The number of aliphatic carboxylic acids is 1. The fourth-order valence-corrected chi connectivity index (χ4v) is 2.66. The summed E-state index contributed by atoms with van der Waals surface area (Å²) >= 11 is 1.57. The normalized spacial score (nSPS) is 11.6. The number of carbonyl (C=O) groups is 1. The van der Waals surface area contributed by atoms with E-state index in [0.29, 0.717) is 0 Å². The van der Waals surface area contributed by atoms with Crippen molar-refractivity contribution in [3.63, 3.8) is 0 Å². The van der Waals surface area contributed by atoms with Crippen LogP contribution in [0.5, 0.6) is 0 Å². The third kappa shape index (κ3) is 2.44. The minimum Gasteiger partial charge on any atom is -0.520 e. The molecule has 2 N–H and O–H groups in total. The molecule has 1 aromatic carbocycles. The molecule has 6 heteroatoms. The van der Waals surface area contributed by atoms with Gasteiger partial charge in [-0.2, -0.15) is 6.41 Å². The van der Waals surface area contributed by atoms with E-state index in [0.717, 1.165) is 15.6 Å². The number of fused-ring (bicyclic) bond motifs is 1. The minimum absolute atomic E-state index is 0. The third-order valence-electron chi connectivity index (χ3n) is 2.52. The van der Waals surface area contributed by atoms with Crippen molar-refractivity contribution in [2.45, 2.75) is 12.5 Å². The molecule has 2 rings (SSSR count). The molecule has 0 aliphatic carbocycles. The Hall–Kier alpha value is -2.88. The van der Waals surface area contributed by atoms with Crippen LogP contribution in [-0.4, -0.2) is 23.5 Å². The van der Waals surface area contributed by atoms with Gasteiger partial charge in [-0.05, 0) is 22.4 Å². The summed E-state index contributed by atoms with van der Waals surface area (Å²) in [6.45, 7) is 0. The Balaban J connectivity index is 0.00000162. The smallest absolute Gasteiger partial charge is 0.323 e. The fourth-order valence-electron chi connectivity index (χ4n) is 1.68. The van der Waals surface area contributed by atoms with E-state index < -0.39 is 12.0 Å². The van der Waals surface area contributed by atoms with E-state index in [1.807, 2.05) is 29.6 Å². The average Bonchev–Trinajstić information content (AvgIpc) is 2.72. The first-order chi connectivity index (χ1) is 8.22. The number of thiophene rings is 1. The monoisotopic (exact) mass is 505 g/mol. The quantitative estimate of drug-likeness (QED) is 0.479. The van der Waals surface area contributed by atoms with Crippen LogP contribution in [-0.2, 0) is 16.0 Å². The van der Waals surface area contributed by atoms with Gasteiger partial charge in [0.2, 0.25) is 0 Å². The Morgan fingerprint density at radius 3 is 2.83 bits per heavy atom. The molecule has 1 aromatic heterocycles. The summed E-state index contributed by atoms with van der Waals surface area (Å²) in [5.74, 6) is -1.05. The standard InChI is InChI=1S/C12H10NO3S.Fm/c14-7-13-10(12(15)16)5-8-6-17-11-4-2-1-3-9(8)11;/h1-4,6,10H,5H2,(H,13,14)(H,15,16);/q-1;. The first-order valence-corrected chi connectivity index (χ1v) is 5.91. The summed E-state index contributed by atoms with van der Waals surface area (Å²) in [4.78, 5) is 21.1. The van der Waals surface area contributed by atoms with Crippen molar-refractivity contribution in [1.82, 2.24) is 5.32 Å². The molecule has 0 fully saturated rings. The van der Waals surface area contributed by atoms with Crippen molar-refractivity contribution in [3.8, 4) is 0 Å². The maximum atomic E-state index is 10.9. The largest absolute Gasteiger partial charge is 0.520 e. The van der Waals surface area contributed by atoms with Gasteiger partial charge in [-0.15, -0.1) is 11.3 Å². The molecule has 1 heterocycles. The van der Waals surface area contributed by atoms with Crippen molar-refractivity contribution in [3.05, 3.63) is 35.2 Å². The van der Waals surface area contributed by atoms with Crippen molar-refractivity contribution in [1.29, 1.82) is 0 Å². The van der Waals surface area contributed by atoms with Gasteiger partial charge in [0, 0.05) is 11.1 Å². The van der Waals surface area contributed by atoms with E-state index in [1.54, 1.807) is 11.3 Å². The molecule has 4 nitrogen and oxygen atoms in total. The predicted octanol–water partition coefficient (Wildman–Crippen LogP) is 1.55. The Morgan fingerprint density at radius 1 is 1.44 bits per heavy atom.